The third-order valence-electron chi connectivity index (χ3n) is 6.37. The Kier molecular flexibility index (Phi) is 7.93. The number of hydrogen-bond donors (Lipinski definition) is 2. The van der Waals surface area contributed by atoms with Gasteiger partial charge in [-0.1, -0.05) is 54.1 Å². The topological polar surface area (TPSA) is 64.7 Å². The molecule has 4 rings (SSSR count). The maximum Gasteiger partial charge on any atom is 0.309 e. The van der Waals surface area contributed by atoms with Gasteiger partial charge in [-0.25, -0.2) is 0 Å². The number of para-hydroxylation sites is 1. The minimum Gasteiger partial charge on any atom is -0.378 e. The van der Waals surface area contributed by atoms with Crippen LogP contribution in [0.4, 0.5) is 11.4 Å². The Hall–Kier alpha value is -3.51. The first kappa shape index (κ1) is 24.6. The lowest BCUT2D eigenvalue weighted by atomic mass is 10.0. The summed E-state index contributed by atoms with van der Waals surface area (Å²) in [5.41, 5.74) is 5.72. The average Bonchev–Trinajstić information content (AvgIpc) is 3.29. The SMILES string of the molecule is CN(C)c1ccc(C(CNC(=O)C(=O)NCCc2ccc(Cl)cc2)N2CCc3ccccc32)cc1. The number of nitrogens with one attached hydrogen (secondary N) is 2. The number of fused-ring (bicyclic) bond motifs is 1. The largest absolute Gasteiger partial charge is 0.378 e. The summed E-state index contributed by atoms with van der Waals surface area (Å²) in [4.78, 5) is 29.4. The third kappa shape index (κ3) is 6.14. The predicted octanol–water partition coefficient (Wildman–Crippen LogP) is 3.98. The van der Waals surface area contributed by atoms with E-state index in [0.717, 1.165) is 29.8 Å². The van der Waals surface area contributed by atoms with Gasteiger partial charge >= 0.3 is 11.8 Å². The second kappa shape index (κ2) is 11.3. The molecule has 2 amide bonds. The van der Waals surface area contributed by atoms with Crippen LogP contribution in [-0.4, -0.2) is 45.5 Å². The maximum atomic E-state index is 12.6. The Morgan fingerprint density at radius 2 is 1.63 bits per heavy atom. The van der Waals surface area contributed by atoms with Crippen LogP contribution in [0.1, 0.15) is 22.7 Å². The van der Waals surface area contributed by atoms with Crippen molar-refractivity contribution < 1.29 is 9.59 Å². The molecule has 1 unspecified atom stereocenters. The summed E-state index contributed by atoms with van der Waals surface area (Å²) < 4.78 is 0. The number of carbonyl (C=O) groups is 2. The van der Waals surface area contributed by atoms with E-state index in [-0.39, 0.29) is 6.04 Å². The first-order valence-corrected chi connectivity index (χ1v) is 12.2. The van der Waals surface area contributed by atoms with Gasteiger partial charge in [-0.05, 0) is 59.9 Å². The molecule has 1 aliphatic rings. The van der Waals surface area contributed by atoms with Gasteiger partial charge in [0.15, 0.2) is 0 Å². The molecule has 0 saturated carbocycles. The predicted molar refractivity (Wildman–Crippen MR) is 142 cm³/mol. The molecule has 0 fully saturated rings. The highest BCUT2D eigenvalue weighted by Gasteiger charge is 2.28. The summed E-state index contributed by atoms with van der Waals surface area (Å²) >= 11 is 5.91. The molecular formula is C28H31ClN4O2. The number of nitrogens with zero attached hydrogens (tertiary/aromatic N) is 2. The van der Waals surface area contributed by atoms with Crippen LogP contribution in [0.25, 0.3) is 0 Å². The molecule has 3 aromatic rings. The second-order valence-corrected chi connectivity index (χ2v) is 9.35. The number of halogens is 1. The molecule has 0 aromatic heterocycles. The lowest BCUT2D eigenvalue weighted by Crippen LogP contribution is -2.44. The zero-order valence-corrected chi connectivity index (χ0v) is 20.9. The average molecular weight is 491 g/mol. The summed E-state index contributed by atoms with van der Waals surface area (Å²) in [6, 6.07) is 24.1. The van der Waals surface area contributed by atoms with Crippen LogP contribution in [0, 0.1) is 0 Å². The molecule has 1 heterocycles. The van der Waals surface area contributed by atoms with Gasteiger partial charge < -0.3 is 20.4 Å². The highest BCUT2D eigenvalue weighted by molar-refractivity contribution is 6.35. The summed E-state index contributed by atoms with van der Waals surface area (Å²) in [7, 11) is 4.02. The normalized spacial score (nSPS) is 13.2. The monoisotopic (exact) mass is 490 g/mol. The van der Waals surface area contributed by atoms with Gasteiger partial charge in [0, 0.05) is 50.1 Å². The number of carbonyl (C=O) groups excluding carboxylic acids is 2. The van der Waals surface area contributed by atoms with E-state index in [9.17, 15) is 9.59 Å². The molecule has 0 aliphatic carbocycles. The standard InChI is InChI=1S/C28H31ClN4O2/c1-32(2)24-13-9-22(10-14-24)26(33-18-16-21-5-3-4-6-25(21)33)19-31-28(35)27(34)30-17-15-20-7-11-23(29)12-8-20/h3-14,26H,15-19H2,1-2H3,(H,30,34)(H,31,35). The molecule has 35 heavy (non-hydrogen) atoms. The lowest BCUT2D eigenvalue weighted by Gasteiger charge is -2.31. The van der Waals surface area contributed by atoms with E-state index in [2.05, 4.69) is 62.9 Å². The zero-order chi connectivity index (χ0) is 24.8. The van der Waals surface area contributed by atoms with Gasteiger partial charge in [-0.3, -0.25) is 9.59 Å². The van der Waals surface area contributed by atoms with Crippen molar-refractivity contribution in [1.29, 1.82) is 0 Å². The van der Waals surface area contributed by atoms with Gasteiger partial charge in [0.1, 0.15) is 0 Å². The minimum absolute atomic E-state index is 0.0827. The first-order chi connectivity index (χ1) is 16.9. The van der Waals surface area contributed by atoms with Crippen molar-refractivity contribution in [3.8, 4) is 0 Å². The number of amides is 2. The molecule has 2 N–H and O–H groups in total. The van der Waals surface area contributed by atoms with Crippen molar-refractivity contribution in [2.24, 2.45) is 0 Å². The van der Waals surface area contributed by atoms with Gasteiger partial charge in [0.2, 0.25) is 0 Å². The van der Waals surface area contributed by atoms with Gasteiger partial charge in [0.05, 0.1) is 6.04 Å². The lowest BCUT2D eigenvalue weighted by molar-refractivity contribution is -0.139. The Balaban J connectivity index is 1.40. The van der Waals surface area contributed by atoms with Crippen LogP contribution in [0.2, 0.25) is 5.02 Å². The minimum atomic E-state index is -0.623. The third-order valence-corrected chi connectivity index (χ3v) is 6.62. The van der Waals surface area contributed by atoms with Crippen LogP contribution < -0.4 is 20.4 Å². The first-order valence-electron chi connectivity index (χ1n) is 11.8. The number of benzene rings is 3. The summed E-state index contributed by atoms with van der Waals surface area (Å²) in [6.45, 7) is 1.57. The van der Waals surface area contributed by atoms with Crippen molar-refractivity contribution >= 4 is 34.8 Å². The Bertz CT molecular complexity index is 1160. The van der Waals surface area contributed by atoms with Gasteiger partial charge in [-0.15, -0.1) is 0 Å². The van der Waals surface area contributed by atoms with Crippen LogP contribution in [0.15, 0.2) is 72.8 Å². The van der Waals surface area contributed by atoms with Crippen molar-refractivity contribution in [3.05, 3.63) is 94.5 Å². The highest BCUT2D eigenvalue weighted by Crippen LogP contribution is 2.35. The van der Waals surface area contributed by atoms with Crippen molar-refractivity contribution in [2.45, 2.75) is 18.9 Å². The number of hydrogen-bond acceptors (Lipinski definition) is 4. The molecule has 7 heteroatoms. The van der Waals surface area contributed by atoms with Gasteiger partial charge in [0.25, 0.3) is 0 Å². The molecule has 1 aliphatic heterocycles. The summed E-state index contributed by atoms with van der Waals surface area (Å²) in [6.07, 6.45) is 1.59. The van der Waals surface area contributed by atoms with E-state index < -0.39 is 11.8 Å². The van der Waals surface area contributed by atoms with Crippen LogP contribution in [0.3, 0.4) is 0 Å². The molecule has 6 nitrogen and oxygen atoms in total. The van der Waals surface area contributed by atoms with E-state index in [1.54, 1.807) is 0 Å². The fourth-order valence-electron chi connectivity index (χ4n) is 4.41. The fourth-order valence-corrected chi connectivity index (χ4v) is 4.54. The van der Waals surface area contributed by atoms with E-state index in [0.29, 0.717) is 24.5 Å². The quantitative estimate of drug-likeness (QED) is 0.469. The van der Waals surface area contributed by atoms with E-state index in [1.165, 1.54) is 11.3 Å². The smallest absolute Gasteiger partial charge is 0.309 e. The fraction of sp³-hybridized carbons (Fsp3) is 0.286. The van der Waals surface area contributed by atoms with Gasteiger partial charge in [-0.2, -0.15) is 0 Å². The maximum absolute atomic E-state index is 12.6. The summed E-state index contributed by atoms with van der Waals surface area (Å²) in [5, 5.41) is 6.24. The molecular weight excluding hydrogens is 460 g/mol. The highest BCUT2D eigenvalue weighted by atomic mass is 35.5. The zero-order valence-electron chi connectivity index (χ0n) is 20.1. The Morgan fingerprint density at radius 3 is 2.34 bits per heavy atom. The van der Waals surface area contributed by atoms with Crippen LogP contribution in [-0.2, 0) is 22.4 Å². The Morgan fingerprint density at radius 1 is 0.943 bits per heavy atom. The molecule has 0 bridgehead atoms. The number of rotatable bonds is 8. The van der Waals surface area contributed by atoms with Crippen LogP contribution >= 0.6 is 11.6 Å². The van der Waals surface area contributed by atoms with E-state index >= 15 is 0 Å². The number of anilines is 2. The molecule has 0 saturated heterocycles. The molecule has 0 radical (unpaired) electrons. The molecule has 3 aromatic carbocycles. The van der Waals surface area contributed by atoms with E-state index in [4.69, 9.17) is 11.6 Å². The molecule has 1 atom stereocenters. The van der Waals surface area contributed by atoms with Crippen molar-refractivity contribution in [2.75, 3.05) is 43.5 Å². The Labute approximate surface area is 211 Å². The van der Waals surface area contributed by atoms with Crippen LogP contribution in [0.5, 0.6) is 0 Å². The van der Waals surface area contributed by atoms with Crippen molar-refractivity contribution in [3.63, 3.8) is 0 Å². The van der Waals surface area contributed by atoms with E-state index in [1.807, 2.05) is 44.4 Å². The van der Waals surface area contributed by atoms with Crippen molar-refractivity contribution in [1.82, 2.24) is 10.6 Å². The second-order valence-electron chi connectivity index (χ2n) is 8.92. The summed E-state index contributed by atoms with van der Waals surface area (Å²) in [5.74, 6) is -1.24. The molecule has 182 valence electrons. The molecule has 0 spiro atoms.